The molecule has 1 aliphatic carbocycles. The minimum atomic E-state index is -0.177. The van der Waals surface area contributed by atoms with Crippen LogP contribution < -0.4 is 15.1 Å². The SMILES string of the molecule is COc1ccc(CCN2COc3ccc4c5c(c(=O)oc4c3C2)CCC5)cc1. The summed E-state index contributed by atoms with van der Waals surface area (Å²) in [6.07, 6.45) is 3.74. The van der Waals surface area contributed by atoms with Crippen LogP contribution in [0.25, 0.3) is 11.0 Å². The minimum Gasteiger partial charge on any atom is -0.497 e. The van der Waals surface area contributed by atoms with Crippen LogP contribution in [-0.4, -0.2) is 25.3 Å². The molecule has 2 heterocycles. The number of nitrogens with zero attached hydrogens (tertiary/aromatic N) is 1. The van der Waals surface area contributed by atoms with Crippen LogP contribution in [0.4, 0.5) is 0 Å². The van der Waals surface area contributed by atoms with Crippen molar-refractivity contribution in [1.29, 1.82) is 0 Å². The van der Waals surface area contributed by atoms with E-state index in [1.165, 1.54) is 11.1 Å². The van der Waals surface area contributed by atoms with E-state index in [0.717, 1.165) is 66.8 Å². The summed E-state index contributed by atoms with van der Waals surface area (Å²) in [6, 6.07) is 12.2. The molecule has 0 amide bonds. The molecule has 1 aromatic heterocycles. The lowest BCUT2D eigenvalue weighted by atomic mass is 10.0. The molecule has 0 saturated carbocycles. The Kier molecular flexibility index (Phi) is 4.32. The Bertz CT molecular complexity index is 1080. The first kappa shape index (κ1) is 17.3. The van der Waals surface area contributed by atoms with Crippen molar-refractivity contribution in [1.82, 2.24) is 4.90 Å². The van der Waals surface area contributed by atoms with Gasteiger partial charge in [-0.2, -0.15) is 0 Å². The van der Waals surface area contributed by atoms with Crippen LogP contribution in [0.15, 0.2) is 45.6 Å². The Morgan fingerprint density at radius 1 is 1.04 bits per heavy atom. The Morgan fingerprint density at radius 3 is 2.68 bits per heavy atom. The van der Waals surface area contributed by atoms with Crippen molar-refractivity contribution >= 4 is 11.0 Å². The number of benzene rings is 2. The van der Waals surface area contributed by atoms with Crippen LogP contribution in [0, 0.1) is 0 Å². The smallest absolute Gasteiger partial charge is 0.339 e. The highest BCUT2D eigenvalue weighted by Gasteiger charge is 2.25. The normalized spacial score (nSPS) is 15.9. The molecule has 1 aliphatic heterocycles. The molecule has 0 radical (unpaired) electrons. The topological polar surface area (TPSA) is 51.9 Å². The zero-order valence-electron chi connectivity index (χ0n) is 16.0. The number of fused-ring (bicyclic) bond motifs is 5. The number of rotatable bonds is 4. The van der Waals surface area contributed by atoms with Gasteiger partial charge in [0.15, 0.2) is 0 Å². The van der Waals surface area contributed by atoms with Crippen LogP contribution in [-0.2, 0) is 25.8 Å². The van der Waals surface area contributed by atoms with Gasteiger partial charge in [0.2, 0.25) is 0 Å². The van der Waals surface area contributed by atoms with E-state index in [2.05, 4.69) is 17.0 Å². The van der Waals surface area contributed by atoms with Crippen molar-refractivity contribution in [2.75, 3.05) is 20.4 Å². The zero-order chi connectivity index (χ0) is 19.1. The van der Waals surface area contributed by atoms with Gasteiger partial charge in [0.1, 0.15) is 23.8 Å². The number of hydrogen-bond donors (Lipinski definition) is 0. The zero-order valence-corrected chi connectivity index (χ0v) is 16.0. The maximum Gasteiger partial charge on any atom is 0.339 e. The summed E-state index contributed by atoms with van der Waals surface area (Å²) in [5.74, 6) is 1.70. The van der Waals surface area contributed by atoms with Gasteiger partial charge in [-0.15, -0.1) is 0 Å². The summed E-state index contributed by atoms with van der Waals surface area (Å²) in [4.78, 5) is 14.7. The summed E-state index contributed by atoms with van der Waals surface area (Å²) in [7, 11) is 1.68. The maximum absolute atomic E-state index is 12.4. The van der Waals surface area contributed by atoms with Crippen LogP contribution >= 0.6 is 0 Å². The number of methoxy groups -OCH3 is 1. The van der Waals surface area contributed by atoms with Gasteiger partial charge in [-0.05, 0) is 61.1 Å². The van der Waals surface area contributed by atoms with Gasteiger partial charge < -0.3 is 13.9 Å². The molecule has 2 aromatic carbocycles. The van der Waals surface area contributed by atoms with E-state index in [1.54, 1.807) is 7.11 Å². The Morgan fingerprint density at radius 2 is 1.86 bits per heavy atom. The molecule has 0 fully saturated rings. The largest absolute Gasteiger partial charge is 0.497 e. The maximum atomic E-state index is 12.4. The van der Waals surface area contributed by atoms with E-state index in [4.69, 9.17) is 13.9 Å². The van der Waals surface area contributed by atoms with Crippen molar-refractivity contribution in [3.63, 3.8) is 0 Å². The first-order valence-corrected chi connectivity index (χ1v) is 9.81. The lowest BCUT2D eigenvalue weighted by Gasteiger charge is -2.29. The molecule has 28 heavy (non-hydrogen) atoms. The number of hydrogen-bond acceptors (Lipinski definition) is 5. The van der Waals surface area contributed by atoms with Crippen molar-refractivity contribution < 1.29 is 13.9 Å². The fourth-order valence-electron chi connectivity index (χ4n) is 4.32. The van der Waals surface area contributed by atoms with E-state index in [0.29, 0.717) is 12.3 Å². The second kappa shape index (κ2) is 6.99. The van der Waals surface area contributed by atoms with Gasteiger partial charge >= 0.3 is 5.63 Å². The van der Waals surface area contributed by atoms with E-state index in [-0.39, 0.29) is 5.63 Å². The summed E-state index contributed by atoms with van der Waals surface area (Å²) in [5, 5.41) is 1.08. The molecular weight excluding hydrogens is 354 g/mol. The fraction of sp³-hybridized carbons (Fsp3) is 0.348. The van der Waals surface area contributed by atoms with E-state index in [1.807, 2.05) is 24.3 Å². The van der Waals surface area contributed by atoms with Crippen LogP contribution in [0.3, 0.4) is 0 Å². The van der Waals surface area contributed by atoms with Gasteiger partial charge in [0.25, 0.3) is 0 Å². The molecule has 0 unspecified atom stereocenters. The molecule has 0 N–H and O–H groups in total. The van der Waals surface area contributed by atoms with Gasteiger partial charge in [0, 0.05) is 24.0 Å². The van der Waals surface area contributed by atoms with Gasteiger partial charge in [0.05, 0.1) is 12.7 Å². The highest BCUT2D eigenvalue weighted by molar-refractivity contribution is 5.86. The van der Waals surface area contributed by atoms with Gasteiger partial charge in [-0.1, -0.05) is 12.1 Å². The third kappa shape index (κ3) is 2.96. The first-order valence-electron chi connectivity index (χ1n) is 9.81. The highest BCUT2D eigenvalue weighted by Crippen LogP contribution is 2.36. The highest BCUT2D eigenvalue weighted by atomic mass is 16.5. The van der Waals surface area contributed by atoms with Crippen molar-refractivity contribution in [2.24, 2.45) is 0 Å². The lowest BCUT2D eigenvalue weighted by molar-refractivity contribution is 0.0967. The minimum absolute atomic E-state index is 0.177. The molecule has 5 heteroatoms. The van der Waals surface area contributed by atoms with Crippen molar-refractivity contribution in [3.05, 3.63) is 69.1 Å². The first-order chi connectivity index (χ1) is 13.7. The average molecular weight is 377 g/mol. The predicted molar refractivity (Wildman–Crippen MR) is 107 cm³/mol. The molecule has 0 bridgehead atoms. The molecule has 5 nitrogen and oxygen atoms in total. The average Bonchev–Trinajstić information content (AvgIpc) is 3.23. The van der Waals surface area contributed by atoms with Crippen LogP contribution in [0.1, 0.15) is 28.7 Å². The molecular formula is C23H23NO4. The predicted octanol–water partition coefficient (Wildman–Crippen LogP) is 3.68. The molecule has 5 rings (SSSR count). The van der Waals surface area contributed by atoms with Crippen molar-refractivity contribution in [3.8, 4) is 11.5 Å². The third-order valence-corrected chi connectivity index (χ3v) is 5.86. The quantitative estimate of drug-likeness (QED) is 0.649. The standard InChI is InChI=1S/C23H23NO4/c1-26-16-7-5-15(6-8-16)11-12-24-13-20-21(27-14-24)10-9-18-17-3-2-4-19(17)23(25)28-22(18)20/h5-10H,2-4,11-14H2,1H3. The molecule has 0 saturated heterocycles. The van der Waals surface area contributed by atoms with E-state index < -0.39 is 0 Å². The second-order valence-corrected chi connectivity index (χ2v) is 7.54. The van der Waals surface area contributed by atoms with Crippen LogP contribution in [0.5, 0.6) is 11.5 Å². The monoisotopic (exact) mass is 377 g/mol. The molecule has 0 atom stereocenters. The lowest BCUT2D eigenvalue weighted by Crippen LogP contribution is -2.33. The number of ether oxygens (including phenoxy) is 2. The summed E-state index contributed by atoms with van der Waals surface area (Å²) in [6.45, 7) is 2.14. The molecule has 144 valence electrons. The number of aryl methyl sites for hydroxylation is 1. The summed E-state index contributed by atoms with van der Waals surface area (Å²) < 4.78 is 17.0. The fourth-order valence-corrected chi connectivity index (χ4v) is 4.32. The summed E-state index contributed by atoms with van der Waals surface area (Å²) in [5.41, 5.74) is 4.81. The molecule has 2 aliphatic rings. The third-order valence-electron chi connectivity index (χ3n) is 5.86. The van der Waals surface area contributed by atoms with Crippen molar-refractivity contribution in [2.45, 2.75) is 32.2 Å². The Labute approximate surface area is 163 Å². The van der Waals surface area contributed by atoms with E-state index >= 15 is 0 Å². The van der Waals surface area contributed by atoms with Gasteiger partial charge in [-0.25, -0.2) is 4.79 Å². The second-order valence-electron chi connectivity index (χ2n) is 7.54. The molecule has 0 spiro atoms. The van der Waals surface area contributed by atoms with Gasteiger partial charge in [-0.3, -0.25) is 4.90 Å². The Hall–Kier alpha value is -2.79. The molecule has 3 aromatic rings. The van der Waals surface area contributed by atoms with E-state index in [9.17, 15) is 4.79 Å². The summed E-state index contributed by atoms with van der Waals surface area (Å²) >= 11 is 0. The Balaban J connectivity index is 1.40. The van der Waals surface area contributed by atoms with Crippen LogP contribution in [0.2, 0.25) is 0 Å².